The Kier molecular flexibility index (Phi) is 6.27. The van der Waals surface area contributed by atoms with Gasteiger partial charge in [0.1, 0.15) is 15.5 Å². The molecular formula is C19H17N3O8S2. The zero-order chi connectivity index (χ0) is 23.7. The predicted molar refractivity (Wildman–Crippen MR) is 115 cm³/mol. The molecule has 32 heavy (non-hydrogen) atoms. The number of carbonyl (C=O) groups is 1. The van der Waals surface area contributed by atoms with Crippen LogP contribution in [0.4, 0.5) is 17.1 Å². The molecule has 0 aliphatic carbocycles. The maximum Gasteiger partial charge on any atom is 0.295 e. The average Bonchev–Trinajstić information content (AvgIpc) is 2.71. The summed E-state index contributed by atoms with van der Waals surface area (Å²) in [6, 6.07) is 8.89. The van der Waals surface area contributed by atoms with Crippen LogP contribution in [0.25, 0.3) is 10.8 Å². The summed E-state index contributed by atoms with van der Waals surface area (Å²) in [7, 11) is -8.08. The van der Waals surface area contributed by atoms with Gasteiger partial charge in [-0.1, -0.05) is 12.1 Å². The van der Waals surface area contributed by atoms with Gasteiger partial charge in [-0.15, -0.1) is 0 Å². The van der Waals surface area contributed by atoms with Gasteiger partial charge in [0.25, 0.3) is 20.2 Å². The van der Waals surface area contributed by atoms with Crippen molar-refractivity contribution in [1.29, 1.82) is 0 Å². The zero-order valence-electron chi connectivity index (χ0n) is 16.7. The molecule has 0 heterocycles. The second-order valence-electron chi connectivity index (χ2n) is 6.55. The van der Waals surface area contributed by atoms with Crippen molar-refractivity contribution in [2.45, 2.75) is 16.7 Å². The van der Waals surface area contributed by atoms with Crippen molar-refractivity contribution in [1.82, 2.24) is 0 Å². The summed E-state index contributed by atoms with van der Waals surface area (Å²) in [6.07, 6.45) is 0.483. The Morgan fingerprint density at radius 1 is 0.938 bits per heavy atom. The summed E-state index contributed by atoms with van der Waals surface area (Å²) in [4.78, 5) is 9.57. The molecule has 0 aliphatic rings. The highest BCUT2D eigenvalue weighted by atomic mass is 32.2. The summed E-state index contributed by atoms with van der Waals surface area (Å²) < 4.78 is 71.6. The Hall–Kier alpha value is -3.39. The molecule has 11 nitrogen and oxygen atoms in total. The van der Waals surface area contributed by atoms with E-state index in [0.717, 1.165) is 12.1 Å². The number of nitrogens with one attached hydrogen (secondary N) is 1. The lowest BCUT2D eigenvalue weighted by Crippen LogP contribution is -2.03. The molecule has 1 amide bonds. The number of methoxy groups -OCH3 is 1. The van der Waals surface area contributed by atoms with Gasteiger partial charge in [-0.05, 0) is 36.8 Å². The van der Waals surface area contributed by atoms with Crippen molar-refractivity contribution in [2.75, 3.05) is 12.4 Å². The Morgan fingerprint density at radius 2 is 1.62 bits per heavy atom. The number of azo groups is 1. The Morgan fingerprint density at radius 3 is 2.22 bits per heavy atom. The van der Waals surface area contributed by atoms with Crippen molar-refractivity contribution >= 4 is 54.5 Å². The number of fused-ring (bicyclic) bond motifs is 1. The SMILES string of the molecule is COc1cc(/N=N/c2cc(S(=O)(=O)O)c3cccc(S(=O)(=O)O)c3c2)c(C)cc1NC=O. The van der Waals surface area contributed by atoms with Crippen molar-refractivity contribution in [3.8, 4) is 5.75 Å². The second-order valence-corrected chi connectivity index (χ2v) is 9.33. The fraction of sp³-hybridized carbons (Fsp3) is 0.105. The van der Waals surface area contributed by atoms with Gasteiger partial charge in [0.15, 0.2) is 0 Å². The van der Waals surface area contributed by atoms with E-state index in [-0.39, 0.29) is 16.5 Å². The van der Waals surface area contributed by atoms with E-state index in [1.54, 1.807) is 13.0 Å². The molecule has 3 aromatic rings. The van der Waals surface area contributed by atoms with Crippen LogP contribution in [0.3, 0.4) is 0 Å². The molecule has 0 aromatic heterocycles. The third-order valence-corrected chi connectivity index (χ3v) is 6.27. The Balaban J connectivity index is 2.22. The van der Waals surface area contributed by atoms with Gasteiger partial charge in [0.05, 0.1) is 24.2 Å². The van der Waals surface area contributed by atoms with E-state index in [4.69, 9.17) is 4.74 Å². The number of carbonyl (C=O) groups excluding carboxylic acids is 1. The number of rotatable bonds is 7. The number of amides is 1. The van der Waals surface area contributed by atoms with E-state index < -0.39 is 30.0 Å². The second kappa shape index (κ2) is 8.63. The monoisotopic (exact) mass is 479 g/mol. The van der Waals surface area contributed by atoms with Crippen LogP contribution in [-0.2, 0) is 25.0 Å². The van der Waals surface area contributed by atoms with Gasteiger partial charge in [0, 0.05) is 16.8 Å². The van der Waals surface area contributed by atoms with Crippen LogP contribution in [0.2, 0.25) is 0 Å². The lowest BCUT2D eigenvalue weighted by atomic mass is 10.1. The summed E-state index contributed by atoms with van der Waals surface area (Å²) in [5, 5.41) is 10.2. The van der Waals surface area contributed by atoms with Crippen LogP contribution in [0.1, 0.15) is 5.56 Å². The first-order valence-electron chi connectivity index (χ1n) is 8.78. The molecule has 3 rings (SSSR count). The van der Waals surface area contributed by atoms with Gasteiger partial charge < -0.3 is 10.1 Å². The molecule has 0 unspecified atom stereocenters. The van der Waals surface area contributed by atoms with Crippen molar-refractivity contribution in [3.63, 3.8) is 0 Å². The zero-order valence-corrected chi connectivity index (χ0v) is 18.3. The van der Waals surface area contributed by atoms with Crippen LogP contribution < -0.4 is 10.1 Å². The highest BCUT2D eigenvalue weighted by Gasteiger charge is 2.21. The Labute approximate surface area is 183 Å². The lowest BCUT2D eigenvalue weighted by molar-refractivity contribution is -0.105. The quantitative estimate of drug-likeness (QED) is 0.262. The highest BCUT2D eigenvalue weighted by Crippen LogP contribution is 2.36. The van der Waals surface area contributed by atoms with Crippen LogP contribution >= 0.6 is 0 Å². The van der Waals surface area contributed by atoms with E-state index >= 15 is 0 Å². The number of hydrogen-bond acceptors (Lipinski definition) is 8. The summed E-state index contributed by atoms with van der Waals surface area (Å²) in [5.74, 6) is 0.294. The number of hydrogen-bond donors (Lipinski definition) is 3. The highest BCUT2D eigenvalue weighted by molar-refractivity contribution is 7.86. The summed E-state index contributed by atoms with van der Waals surface area (Å²) in [5.41, 5.74) is 1.20. The average molecular weight is 479 g/mol. The molecule has 13 heteroatoms. The van der Waals surface area contributed by atoms with Gasteiger partial charge in [0.2, 0.25) is 6.41 Å². The molecule has 0 aliphatic heterocycles. The van der Waals surface area contributed by atoms with Gasteiger partial charge in [-0.3, -0.25) is 13.9 Å². The van der Waals surface area contributed by atoms with Crippen molar-refractivity contribution in [3.05, 3.63) is 48.0 Å². The summed E-state index contributed by atoms with van der Waals surface area (Å²) in [6.45, 7) is 1.68. The van der Waals surface area contributed by atoms with Crippen LogP contribution in [0.5, 0.6) is 5.75 Å². The lowest BCUT2D eigenvalue weighted by Gasteiger charge is -2.10. The predicted octanol–water partition coefficient (Wildman–Crippen LogP) is 3.63. The molecule has 0 bridgehead atoms. The number of anilines is 1. The minimum absolute atomic E-state index is 0.102. The molecule has 0 fully saturated rings. The molecule has 3 aromatic carbocycles. The normalized spacial score (nSPS) is 12.2. The first-order valence-corrected chi connectivity index (χ1v) is 11.7. The first kappa shape index (κ1) is 23.3. The third-order valence-electron chi connectivity index (χ3n) is 4.46. The van der Waals surface area contributed by atoms with Gasteiger partial charge in [-0.2, -0.15) is 27.1 Å². The molecular weight excluding hydrogens is 462 g/mol. The van der Waals surface area contributed by atoms with Crippen molar-refractivity contribution < 1.29 is 35.5 Å². The standard InChI is InChI=1S/C19H17N3O8S2/c1-11-6-16(20-10-23)17(30-2)9-15(11)22-21-12-7-14-13(19(8-12)32(27,28)29)4-3-5-18(14)31(24,25)26/h3-10H,1-2H3,(H,20,23)(H,24,25,26)(H,27,28,29)/b22-21+. The first-order chi connectivity index (χ1) is 15.0. The molecule has 0 spiro atoms. The number of nitrogens with zero attached hydrogens (tertiary/aromatic N) is 2. The molecule has 0 radical (unpaired) electrons. The van der Waals surface area contributed by atoms with Crippen LogP contribution in [-0.4, -0.2) is 39.5 Å². The molecule has 3 N–H and O–H groups in total. The minimum atomic E-state index is -4.77. The molecule has 0 atom stereocenters. The molecule has 168 valence electrons. The number of ether oxygens (including phenoxy) is 1. The molecule has 0 saturated heterocycles. The number of aryl methyl sites for hydroxylation is 1. The third kappa shape index (κ3) is 4.75. The Bertz CT molecular complexity index is 1470. The van der Waals surface area contributed by atoms with E-state index in [1.165, 1.54) is 31.4 Å². The largest absolute Gasteiger partial charge is 0.494 e. The van der Waals surface area contributed by atoms with E-state index in [1.807, 2.05) is 0 Å². The van der Waals surface area contributed by atoms with Gasteiger partial charge >= 0.3 is 0 Å². The molecule has 0 saturated carbocycles. The maximum absolute atomic E-state index is 11.9. The fourth-order valence-electron chi connectivity index (χ4n) is 3.05. The minimum Gasteiger partial charge on any atom is -0.494 e. The van der Waals surface area contributed by atoms with E-state index in [0.29, 0.717) is 29.1 Å². The van der Waals surface area contributed by atoms with Crippen LogP contribution in [0.15, 0.2) is 62.5 Å². The van der Waals surface area contributed by atoms with E-state index in [9.17, 15) is 30.7 Å². The fourth-order valence-corrected chi connectivity index (χ4v) is 4.47. The summed E-state index contributed by atoms with van der Waals surface area (Å²) >= 11 is 0. The number of benzene rings is 3. The maximum atomic E-state index is 11.9. The van der Waals surface area contributed by atoms with E-state index in [2.05, 4.69) is 15.5 Å². The topological polar surface area (TPSA) is 172 Å². The van der Waals surface area contributed by atoms with Crippen molar-refractivity contribution in [2.24, 2.45) is 10.2 Å². The smallest absolute Gasteiger partial charge is 0.295 e. The van der Waals surface area contributed by atoms with Crippen LogP contribution in [0, 0.1) is 6.92 Å². The van der Waals surface area contributed by atoms with Gasteiger partial charge in [-0.25, -0.2) is 0 Å².